The van der Waals surface area contributed by atoms with Gasteiger partial charge in [-0.05, 0) is 37.2 Å². The van der Waals surface area contributed by atoms with Gasteiger partial charge in [0.2, 0.25) is 0 Å². The molecule has 0 spiro atoms. The van der Waals surface area contributed by atoms with Crippen LogP contribution in [0.5, 0.6) is 5.75 Å². The fraction of sp³-hybridized carbons (Fsp3) is 0.333. The minimum absolute atomic E-state index is 0. The summed E-state index contributed by atoms with van der Waals surface area (Å²) in [7, 11) is 2.17. The van der Waals surface area contributed by atoms with Gasteiger partial charge in [0.1, 0.15) is 11.9 Å². The zero-order chi connectivity index (χ0) is 14.7. The third-order valence-corrected chi connectivity index (χ3v) is 4.30. The number of hydrogen-bond acceptors (Lipinski definition) is 2. The van der Waals surface area contributed by atoms with Crippen molar-refractivity contribution >= 4 is 24.0 Å². The van der Waals surface area contributed by atoms with Gasteiger partial charge in [0.25, 0.3) is 0 Å². The Balaban J connectivity index is 0.00000176. The number of ether oxygens (including phenoxy) is 1. The summed E-state index contributed by atoms with van der Waals surface area (Å²) < 4.78 is 6.24. The van der Waals surface area contributed by atoms with Crippen molar-refractivity contribution in [1.29, 1.82) is 0 Å². The number of rotatable bonds is 3. The maximum absolute atomic E-state index is 6.24. The first-order valence-corrected chi connectivity index (χ1v) is 7.76. The van der Waals surface area contributed by atoms with E-state index in [1.165, 1.54) is 5.56 Å². The normalized spacial score (nSPS) is 21.9. The maximum atomic E-state index is 6.24. The Labute approximate surface area is 143 Å². The molecule has 22 heavy (non-hydrogen) atoms. The predicted molar refractivity (Wildman–Crippen MR) is 94.4 cm³/mol. The molecule has 4 heteroatoms. The van der Waals surface area contributed by atoms with Crippen molar-refractivity contribution in [3.05, 3.63) is 65.2 Å². The second-order valence-corrected chi connectivity index (χ2v) is 6.12. The van der Waals surface area contributed by atoms with E-state index in [4.69, 9.17) is 16.3 Å². The second-order valence-electron chi connectivity index (χ2n) is 5.68. The Morgan fingerprint density at radius 3 is 2.59 bits per heavy atom. The van der Waals surface area contributed by atoms with Crippen LogP contribution in [0.4, 0.5) is 0 Å². The molecule has 2 nitrogen and oxygen atoms in total. The zero-order valence-electron chi connectivity index (χ0n) is 12.6. The Bertz CT molecular complexity index is 591. The third kappa shape index (κ3) is 4.16. The Hall–Kier alpha value is -1.22. The van der Waals surface area contributed by atoms with Crippen LogP contribution in [0.15, 0.2) is 54.6 Å². The van der Waals surface area contributed by atoms with Crippen LogP contribution in [0.3, 0.4) is 0 Å². The molecule has 3 rings (SSSR count). The summed E-state index contributed by atoms with van der Waals surface area (Å²) in [5.74, 6) is 1.25. The third-order valence-electron chi connectivity index (χ3n) is 4.06. The predicted octanol–water partition coefficient (Wildman–Crippen LogP) is 4.63. The van der Waals surface area contributed by atoms with E-state index < -0.39 is 0 Å². The molecule has 1 fully saturated rings. The van der Waals surface area contributed by atoms with Crippen molar-refractivity contribution in [1.82, 2.24) is 4.90 Å². The number of piperidine rings is 1. The van der Waals surface area contributed by atoms with Crippen LogP contribution in [0.2, 0.25) is 5.02 Å². The molecule has 2 aromatic rings. The van der Waals surface area contributed by atoms with Crippen LogP contribution >= 0.6 is 24.0 Å². The fourth-order valence-electron chi connectivity index (χ4n) is 2.97. The van der Waals surface area contributed by atoms with Gasteiger partial charge in [-0.1, -0.05) is 48.0 Å². The molecule has 0 aliphatic carbocycles. The molecule has 0 amide bonds. The van der Waals surface area contributed by atoms with Gasteiger partial charge >= 0.3 is 0 Å². The molecule has 1 aliphatic heterocycles. The highest BCUT2D eigenvalue weighted by Gasteiger charge is 2.30. The molecular formula is C18H21Cl2NO. The lowest BCUT2D eigenvalue weighted by Gasteiger charge is -2.37. The molecule has 0 saturated carbocycles. The van der Waals surface area contributed by atoms with Gasteiger partial charge in [0, 0.05) is 24.0 Å². The second kappa shape index (κ2) is 7.87. The number of likely N-dealkylation sites (tertiary alicyclic amines) is 1. The molecule has 2 atom stereocenters. The Morgan fingerprint density at radius 1 is 1.09 bits per heavy atom. The van der Waals surface area contributed by atoms with E-state index in [-0.39, 0.29) is 18.5 Å². The van der Waals surface area contributed by atoms with Gasteiger partial charge in [0.15, 0.2) is 0 Å². The van der Waals surface area contributed by atoms with Crippen molar-refractivity contribution in [3.8, 4) is 5.75 Å². The quantitative estimate of drug-likeness (QED) is 0.809. The highest BCUT2D eigenvalue weighted by molar-refractivity contribution is 6.30. The lowest BCUT2D eigenvalue weighted by molar-refractivity contribution is 0.0902. The van der Waals surface area contributed by atoms with Crippen molar-refractivity contribution < 1.29 is 4.74 Å². The highest BCUT2D eigenvalue weighted by Crippen LogP contribution is 2.31. The van der Waals surface area contributed by atoms with Crippen LogP contribution in [-0.4, -0.2) is 31.1 Å². The standard InChI is InChI=1S/C18H20ClNO.ClH/c1-20-11-10-18(21-16-9-5-8-15(19)12-16)17(13-20)14-6-3-2-4-7-14;/h2-9,12,17-18H,10-11,13H2,1H3;1H/t17-,18+;/m1./s1. The first-order valence-electron chi connectivity index (χ1n) is 7.38. The van der Waals surface area contributed by atoms with Gasteiger partial charge in [-0.2, -0.15) is 0 Å². The zero-order valence-corrected chi connectivity index (χ0v) is 14.2. The van der Waals surface area contributed by atoms with E-state index in [9.17, 15) is 0 Å². The van der Waals surface area contributed by atoms with E-state index in [0.29, 0.717) is 5.92 Å². The Kier molecular flexibility index (Phi) is 6.13. The molecule has 2 aromatic carbocycles. The highest BCUT2D eigenvalue weighted by atomic mass is 35.5. The summed E-state index contributed by atoms with van der Waals surface area (Å²) in [6, 6.07) is 18.3. The molecule has 1 heterocycles. The summed E-state index contributed by atoms with van der Waals surface area (Å²) in [6.45, 7) is 2.09. The molecule has 0 unspecified atom stereocenters. The van der Waals surface area contributed by atoms with E-state index in [1.807, 2.05) is 24.3 Å². The average Bonchev–Trinajstić information content (AvgIpc) is 2.50. The van der Waals surface area contributed by atoms with Crippen LogP contribution in [0.25, 0.3) is 0 Å². The van der Waals surface area contributed by atoms with Gasteiger partial charge < -0.3 is 9.64 Å². The molecule has 1 saturated heterocycles. The smallest absolute Gasteiger partial charge is 0.121 e. The number of nitrogens with zero attached hydrogens (tertiary/aromatic N) is 1. The fourth-order valence-corrected chi connectivity index (χ4v) is 3.15. The average molecular weight is 338 g/mol. The molecule has 0 bridgehead atoms. The van der Waals surface area contributed by atoms with Crippen LogP contribution in [0.1, 0.15) is 17.9 Å². The summed E-state index contributed by atoms with van der Waals surface area (Å²) in [5, 5.41) is 0.719. The van der Waals surface area contributed by atoms with E-state index >= 15 is 0 Å². The topological polar surface area (TPSA) is 12.5 Å². The van der Waals surface area contributed by atoms with Crippen molar-refractivity contribution in [2.75, 3.05) is 20.1 Å². The summed E-state index contributed by atoms with van der Waals surface area (Å²) in [6.07, 6.45) is 1.23. The summed E-state index contributed by atoms with van der Waals surface area (Å²) in [4.78, 5) is 2.37. The minimum atomic E-state index is 0. The van der Waals surface area contributed by atoms with Gasteiger partial charge in [-0.15, -0.1) is 12.4 Å². The van der Waals surface area contributed by atoms with E-state index in [2.05, 4.69) is 42.3 Å². The van der Waals surface area contributed by atoms with Crippen LogP contribution < -0.4 is 4.74 Å². The SMILES string of the molecule is CN1CC[C@H](Oc2cccc(Cl)c2)[C@@H](c2ccccc2)C1.Cl. The number of halogens is 2. The largest absolute Gasteiger partial charge is 0.490 e. The monoisotopic (exact) mass is 337 g/mol. The number of hydrogen-bond donors (Lipinski definition) is 0. The van der Waals surface area contributed by atoms with Gasteiger partial charge in [-0.25, -0.2) is 0 Å². The molecule has 1 aliphatic rings. The maximum Gasteiger partial charge on any atom is 0.121 e. The van der Waals surface area contributed by atoms with Gasteiger partial charge in [0.05, 0.1) is 0 Å². The van der Waals surface area contributed by atoms with Crippen LogP contribution in [0, 0.1) is 0 Å². The van der Waals surface area contributed by atoms with Crippen molar-refractivity contribution in [3.63, 3.8) is 0 Å². The minimum Gasteiger partial charge on any atom is -0.490 e. The first kappa shape index (κ1) is 17.1. The summed E-state index contributed by atoms with van der Waals surface area (Å²) in [5.41, 5.74) is 1.34. The van der Waals surface area contributed by atoms with Crippen LogP contribution in [-0.2, 0) is 0 Å². The molecule has 0 radical (unpaired) electrons. The number of benzene rings is 2. The lowest BCUT2D eigenvalue weighted by atomic mass is 9.88. The number of likely N-dealkylation sites (N-methyl/N-ethyl adjacent to an activating group) is 1. The van der Waals surface area contributed by atoms with Crippen molar-refractivity contribution in [2.45, 2.75) is 18.4 Å². The molecular weight excluding hydrogens is 317 g/mol. The summed E-state index contributed by atoms with van der Waals surface area (Å²) >= 11 is 6.05. The van der Waals surface area contributed by atoms with Gasteiger partial charge in [-0.3, -0.25) is 0 Å². The molecule has 0 N–H and O–H groups in total. The molecule has 118 valence electrons. The van der Waals surface area contributed by atoms with E-state index in [1.54, 1.807) is 0 Å². The molecule has 0 aromatic heterocycles. The van der Waals surface area contributed by atoms with Crippen molar-refractivity contribution in [2.24, 2.45) is 0 Å². The van der Waals surface area contributed by atoms with E-state index in [0.717, 1.165) is 30.3 Å². The lowest BCUT2D eigenvalue weighted by Crippen LogP contribution is -2.42. The Morgan fingerprint density at radius 2 is 1.86 bits per heavy atom. The first-order chi connectivity index (χ1) is 10.2.